The number of fused-ring (bicyclic) bond motifs is 1. The molecule has 0 unspecified atom stereocenters. The van der Waals surface area contributed by atoms with E-state index in [2.05, 4.69) is 5.32 Å². The van der Waals surface area contributed by atoms with Gasteiger partial charge in [-0.25, -0.2) is 18.0 Å². The van der Waals surface area contributed by atoms with Crippen molar-refractivity contribution in [1.82, 2.24) is 9.62 Å². The molecule has 16 heteroatoms. The summed E-state index contributed by atoms with van der Waals surface area (Å²) < 4.78 is 119. The minimum Gasteiger partial charge on any atom is -0.475 e. The van der Waals surface area contributed by atoms with E-state index in [1.807, 2.05) is 0 Å². The number of nitrogens with one attached hydrogen (secondary N) is 1. The van der Waals surface area contributed by atoms with Crippen LogP contribution in [0.2, 0.25) is 0 Å². The maximum Gasteiger partial charge on any atom is 0.490 e. The Kier molecular flexibility index (Phi) is 10.1. The molecule has 0 bridgehead atoms. The van der Waals surface area contributed by atoms with E-state index in [1.165, 1.54) is 24.3 Å². The largest absolute Gasteiger partial charge is 0.490 e. The first kappa shape index (κ1) is 29.0. The van der Waals surface area contributed by atoms with Crippen LogP contribution in [0.1, 0.15) is 32.7 Å². The van der Waals surface area contributed by atoms with Gasteiger partial charge in [-0.1, -0.05) is 44.2 Å². The van der Waals surface area contributed by atoms with Crippen LogP contribution < -0.4 is 11.1 Å². The minimum absolute atomic E-state index is 0.122. The molecule has 5 atom stereocenters. The number of hydrogen-bond donors (Lipinski definition) is 4. The van der Waals surface area contributed by atoms with Crippen molar-refractivity contribution in [3.05, 3.63) is 60.2 Å². The van der Waals surface area contributed by atoms with Gasteiger partial charge in [0, 0.05) is 21.5 Å². The van der Waals surface area contributed by atoms with Crippen molar-refractivity contribution < 1.29 is 62.5 Å². The van der Waals surface area contributed by atoms with Crippen LogP contribution >= 0.6 is 0 Å². The van der Waals surface area contributed by atoms with Gasteiger partial charge in [0.15, 0.2) is 6.27 Å². The van der Waals surface area contributed by atoms with Crippen LogP contribution in [0.4, 0.5) is 23.7 Å². The SMILES string of the molecule is O=C(O)C(F)(F)F.[2H]C([2H])(N(CC(C)C)S(=O)(=O)c1ccc(N)cc1)[C@@]([2H])(O)[C@H](Cc1ccccc1)NC(=O)O[C@@]1([2H])CO[C@@]2([2H])OCC[C@H]21. The average Bonchev–Trinajstić information content (AvgIpc) is 3.51. The zero-order valence-electron chi connectivity index (χ0n) is 29.3. The number of rotatable bonds is 11. The summed E-state index contributed by atoms with van der Waals surface area (Å²) >= 11 is 0. The highest BCUT2D eigenvalue weighted by Crippen LogP contribution is 2.33. The van der Waals surface area contributed by atoms with E-state index in [1.54, 1.807) is 44.2 Å². The number of carbonyl (C=O) groups excluding carboxylic acids is 1. The number of sulfonamides is 1. The summed E-state index contributed by atoms with van der Waals surface area (Å²) in [5, 5.41) is 21.1. The first-order chi connectivity index (χ1) is 22.9. The van der Waals surface area contributed by atoms with E-state index in [4.69, 9.17) is 36.7 Å². The van der Waals surface area contributed by atoms with Crippen LogP contribution in [0.3, 0.4) is 0 Å². The van der Waals surface area contributed by atoms with E-state index in [0.717, 1.165) is 0 Å². The van der Waals surface area contributed by atoms with Crippen molar-refractivity contribution in [1.29, 1.82) is 0 Å². The molecule has 2 fully saturated rings. The summed E-state index contributed by atoms with van der Waals surface area (Å²) in [5.74, 6) is -4.12. The molecule has 0 radical (unpaired) electrons. The lowest BCUT2D eigenvalue weighted by Crippen LogP contribution is -2.51. The second-order valence-electron chi connectivity index (χ2n) is 10.3. The number of nitrogen functional groups attached to an aromatic ring is 1. The molecule has 45 heavy (non-hydrogen) atoms. The lowest BCUT2D eigenvalue weighted by atomic mass is 10.0. The second kappa shape index (κ2) is 15.7. The second-order valence-corrected chi connectivity index (χ2v) is 12.2. The molecule has 0 aliphatic carbocycles. The van der Waals surface area contributed by atoms with Gasteiger partial charge in [0.2, 0.25) is 10.0 Å². The third-order valence-electron chi connectivity index (χ3n) is 6.29. The summed E-state index contributed by atoms with van der Waals surface area (Å²) in [7, 11) is -4.64. The Morgan fingerprint density at radius 1 is 1.20 bits per heavy atom. The number of ether oxygens (including phenoxy) is 3. The molecule has 5 N–H and O–H groups in total. The number of aliphatic hydroxyl groups is 1. The summed E-state index contributed by atoms with van der Waals surface area (Å²) in [6, 6.07) is 11.6. The molecular weight excluding hydrogens is 623 g/mol. The number of hydrogen-bond acceptors (Lipinski definition) is 9. The molecule has 2 aromatic rings. The summed E-state index contributed by atoms with van der Waals surface area (Å²) in [6.45, 7) is -0.766. The highest BCUT2D eigenvalue weighted by atomic mass is 32.2. The Balaban J connectivity index is 0.000000872. The monoisotopic (exact) mass is 666 g/mol. The molecule has 0 aromatic heterocycles. The van der Waals surface area contributed by atoms with Crippen LogP contribution in [0, 0.1) is 11.8 Å². The Bertz CT molecular complexity index is 1610. The normalized spacial score (nSPS) is 26.9. The number of anilines is 1. The molecule has 2 heterocycles. The van der Waals surface area contributed by atoms with Crippen molar-refractivity contribution in [3.63, 3.8) is 0 Å². The number of nitrogens with zero attached hydrogens (tertiary/aromatic N) is 1. The number of carboxylic acids is 1. The van der Waals surface area contributed by atoms with E-state index in [9.17, 15) is 31.5 Å². The van der Waals surface area contributed by atoms with Gasteiger partial charge < -0.3 is 35.5 Å². The van der Waals surface area contributed by atoms with Gasteiger partial charge in [0.25, 0.3) is 0 Å². The zero-order valence-corrected chi connectivity index (χ0v) is 25.1. The predicted molar refractivity (Wildman–Crippen MR) is 155 cm³/mol. The summed E-state index contributed by atoms with van der Waals surface area (Å²) in [4.78, 5) is 21.8. The van der Waals surface area contributed by atoms with Crippen LogP contribution in [0.5, 0.6) is 0 Å². The zero-order chi connectivity index (χ0) is 37.9. The van der Waals surface area contributed by atoms with Crippen molar-refractivity contribution >= 4 is 27.8 Å². The summed E-state index contributed by atoms with van der Waals surface area (Å²) in [6.07, 6.45) is -13.6. The van der Waals surface area contributed by atoms with E-state index in [0.29, 0.717) is 9.87 Å². The van der Waals surface area contributed by atoms with Crippen LogP contribution in [-0.4, -0.2) is 91.9 Å². The lowest BCUT2D eigenvalue weighted by molar-refractivity contribution is -0.192. The molecular formula is C29H38F3N3O9S. The van der Waals surface area contributed by atoms with Gasteiger partial charge in [-0.2, -0.15) is 17.5 Å². The molecule has 2 aliphatic rings. The van der Waals surface area contributed by atoms with Crippen LogP contribution in [0.15, 0.2) is 59.5 Å². The molecule has 2 saturated heterocycles. The van der Waals surface area contributed by atoms with Gasteiger partial charge in [-0.05, 0) is 48.6 Å². The number of carboxylic acid groups (broad SMARTS) is 1. The molecule has 2 aromatic carbocycles. The third kappa shape index (κ3) is 10.6. The molecule has 1 amide bonds. The maximum absolute atomic E-state index is 13.8. The fraction of sp³-hybridized carbons (Fsp3) is 0.517. The molecule has 0 saturated carbocycles. The highest BCUT2D eigenvalue weighted by Gasteiger charge is 2.44. The van der Waals surface area contributed by atoms with E-state index < -0.39 is 84.2 Å². The molecule has 2 aliphatic heterocycles. The fourth-order valence-corrected chi connectivity index (χ4v) is 5.58. The number of nitrogens with two attached hydrogens (primary N) is 1. The standard InChI is InChI=1S/C27H37N3O7S.C2HF3O2/c1-18(2)15-30(38(33,34)21-10-8-20(28)9-11-21)16-24(31)23(14-19-6-4-3-5-7-19)29-27(32)37-25-17-36-26-22(25)12-13-35-26;3-2(4,5)1(6)7/h3-11,18,22-26,31H,12-17,28H2,1-2H3,(H,29,32);(H,6,7)/t22-,23-,24+,25-,26+;/m0./s1/i16D2,24D,25D,26D;. The third-order valence-corrected chi connectivity index (χ3v) is 7.98. The van der Waals surface area contributed by atoms with E-state index >= 15 is 0 Å². The topological polar surface area (TPSA) is 178 Å². The quantitative estimate of drug-likeness (QED) is 0.261. The number of alkyl carbamates (subject to hydrolysis) is 1. The summed E-state index contributed by atoms with van der Waals surface area (Å²) in [5.41, 5.74) is 6.48. The van der Waals surface area contributed by atoms with Crippen LogP contribution in [-0.2, 0) is 35.4 Å². The van der Waals surface area contributed by atoms with Gasteiger partial charge in [-0.3, -0.25) is 0 Å². The van der Waals surface area contributed by atoms with Crippen molar-refractivity contribution in [2.75, 3.05) is 32.0 Å². The number of benzene rings is 2. The Labute approximate surface area is 266 Å². The number of amides is 1. The van der Waals surface area contributed by atoms with Gasteiger partial charge in [0.1, 0.15) is 6.08 Å². The Hall–Kier alpha value is -3.44. The molecule has 12 nitrogen and oxygen atoms in total. The van der Waals surface area contributed by atoms with Crippen LogP contribution in [0.25, 0.3) is 0 Å². The van der Waals surface area contributed by atoms with Crippen molar-refractivity contribution in [3.8, 4) is 0 Å². The Morgan fingerprint density at radius 2 is 1.82 bits per heavy atom. The molecule has 4 rings (SSSR count). The molecule has 0 spiro atoms. The van der Waals surface area contributed by atoms with Crippen molar-refractivity contribution in [2.24, 2.45) is 11.8 Å². The minimum atomic E-state index is -5.08. The number of aliphatic carboxylic acids is 1. The highest BCUT2D eigenvalue weighted by molar-refractivity contribution is 7.89. The maximum atomic E-state index is 13.8. The van der Waals surface area contributed by atoms with Gasteiger partial charge >= 0.3 is 18.2 Å². The first-order valence-electron chi connectivity index (χ1n) is 16.1. The van der Waals surface area contributed by atoms with Gasteiger partial charge in [0.05, 0.1) is 40.3 Å². The number of halogens is 3. The smallest absolute Gasteiger partial charge is 0.475 e. The Morgan fingerprint density at radius 3 is 2.40 bits per heavy atom. The molecule has 250 valence electrons. The number of carbonyl (C=O) groups is 2. The predicted octanol–water partition coefficient (Wildman–Crippen LogP) is 3.01. The first-order valence-corrected chi connectivity index (χ1v) is 15.0. The lowest BCUT2D eigenvalue weighted by Gasteiger charge is -2.31. The van der Waals surface area contributed by atoms with Crippen molar-refractivity contribution in [2.45, 2.75) is 62.2 Å². The van der Waals surface area contributed by atoms with Gasteiger partial charge in [-0.15, -0.1) is 0 Å². The average molecular weight is 667 g/mol. The van der Waals surface area contributed by atoms with E-state index in [-0.39, 0.29) is 30.0 Å². The fourth-order valence-electron chi connectivity index (χ4n) is 4.14. The number of alkyl halides is 3.